The van der Waals surface area contributed by atoms with Crippen LogP contribution in [0.3, 0.4) is 0 Å². The maximum Gasteiger partial charge on any atom is 0.331 e. The number of hydrogen-bond donors (Lipinski definition) is 9. The summed E-state index contributed by atoms with van der Waals surface area (Å²) in [6.45, 7) is 4.83. The Hall–Kier alpha value is -3.46. The molecular weight excluding hydrogens is 646 g/mol. The van der Waals surface area contributed by atoms with Crippen molar-refractivity contribution >= 4 is 35.5 Å². The van der Waals surface area contributed by atoms with Gasteiger partial charge in [-0.25, -0.2) is 26.5 Å². The summed E-state index contributed by atoms with van der Waals surface area (Å²) in [6.07, 6.45) is 0.315. The van der Waals surface area contributed by atoms with E-state index in [1.807, 2.05) is 6.92 Å². The first-order valence-corrected chi connectivity index (χ1v) is 17.0. The van der Waals surface area contributed by atoms with Crippen molar-refractivity contribution in [2.45, 2.75) is 114 Å². The molecule has 276 valence electrons. The van der Waals surface area contributed by atoms with E-state index in [9.17, 15) is 49.2 Å². The number of carbonyl (C=O) groups excluding carboxylic acids is 5. The van der Waals surface area contributed by atoms with Gasteiger partial charge in [-0.3, -0.25) is 44.0 Å². The Balaban J connectivity index is 1.55. The van der Waals surface area contributed by atoms with Crippen LogP contribution in [0.5, 0.6) is 0 Å². The molecule has 0 aromatic heterocycles. The number of hydrazine groups is 4. The lowest BCUT2D eigenvalue weighted by Gasteiger charge is -2.46. The first-order chi connectivity index (χ1) is 23.2. The van der Waals surface area contributed by atoms with Crippen LogP contribution in [0.15, 0.2) is 0 Å². The number of amides is 5. The van der Waals surface area contributed by atoms with Crippen LogP contribution in [0.4, 0.5) is 0 Å². The minimum Gasteiger partial charge on any atom is -0.479 e. The zero-order valence-corrected chi connectivity index (χ0v) is 28.3. The largest absolute Gasteiger partial charge is 0.479 e. The molecule has 19 heteroatoms. The Bertz CT molecular complexity index is 1260. The number of carboxylic acids is 1. The van der Waals surface area contributed by atoms with Crippen LogP contribution in [-0.4, -0.2) is 151 Å². The van der Waals surface area contributed by atoms with Crippen molar-refractivity contribution < 1.29 is 49.2 Å². The fourth-order valence-corrected chi connectivity index (χ4v) is 6.42. The van der Waals surface area contributed by atoms with E-state index in [0.717, 1.165) is 16.9 Å². The number of aliphatic hydroxyl groups is 3. The number of nitrogens with one attached hydrogen (secondary N) is 5. The molecule has 5 amide bonds. The molecule has 4 aliphatic heterocycles. The Morgan fingerprint density at radius 1 is 0.796 bits per heavy atom. The number of β-amino-alcohol motifs (C(OH)–C–C–N with tert-alkyl or cyclic N) is 1. The molecule has 8 atom stereocenters. The van der Waals surface area contributed by atoms with E-state index < -0.39 is 84.0 Å². The summed E-state index contributed by atoms with van der Waals surface area (Å²) in [4.78, 5) is 80.7. The van der Waals surface area contributed by atoms with Crippen LogP contribution < -0.4 is 27.0 Å². The van der Waals surface area contributed by atoms with Gasteiger partial charge in [0.05, 0.1) is 12.7 Å². The maximum atomic E-state index is 14.3. The average molecular weight is 698 g/mol. The van der Waals surface area contributed by atoms with Crippen LogP contribution >= 0.6 is 0 Å². The van der Waals surface area contributed by atoms with E-state index in [1.165, 1.54) is 10.0 Å². The van der Waals surface area contributed by atoms with Crippen LogP contribution in [0.25, 0.3) is 0 Å². The molecule has 0 aromatic carbocycles. The van der Waals surface area contributed by atoms with Gasteiger partial charge in [0.1, 0.15) is 30.3 Å². The van der Waals surface area contributed by atoms with Gasteiger partial charge < -0.3 is 25.7 Å². The molecule has 9 N–H and O–H groups in total. The topological polar surface area (TPSA) is 256 Å². The minimum atomic E-state index is -2.05. The summed E-state index contributed by atoms with van der Waals surface area (Å²) in [7, 11) is 0. The fourth-order valence-electron chi connectivity index (χ4n) is 6.42. The number of hydrogen-bond acceptors (Lipinski definition) is 13. The monoisotopic (exact) mass is 697 g/mol. The molecular formula is C30H51N9O10. The number of carboxylic acid groups (broad SMARTS) is 1. The highest BCUT2D eigenvalue weighted by atomic mass is 16.4. The Kier molecular flexibility index (Phi) is 12.9. The highest BCUT2D eigenvalue weighted by Gasteiger charge is 2.48. The van der Waals surface area contributed by atoms with E-state index in [4.69, 9.17) is 0 Å². The minimum absolute atomic E-state index is 0.0922. The van der Waals surface area contributed by atoms with Crippen molar-refractivity contribution in [1.29, 1.82) is 0 Å². The van der Waals surface area contributed by atoms with Crippen molar-refractivity contribution in [3.05, 3.63) is 0 Å². The summed E-state index contributed by atoms with van der Waals surface area (Å²) in [6, 6.07) is -4.56. The van der Waals surface area contributed by atoms with Crippen molar-refractivity contribution in [1.82, 2.24) is 47.1 Å². The summed E-state index contributed by atoms with van der Waals surface area (Å²) in [5.41, 5.74) is 9.60. The predicted molar refractivity (Wildman–Crippen MR) is 170 cm³/mol. The third-order valence-corrected chi connectivity index (χ3v) is 9.78. The number of rotatable bonds is 10. The van der Waals surface area contributed by atoms with Gasteiger partial charge in [-0.2, -0.15) is 0 Å². The highest BCUT2D eigenvalue weighted by molar-refractivity contribution is 5.96. The van der Waals surface area contributed by atoms with Gasteiger partial charge in [-0.1, -0.05) is 20.3 Å². The molecule has 49 heavy (non-hydrogen) atoms. The molecule has 0 bridgehead atoms. The first kappa shape index (κ1) is 38.3. The van der Waals surface area contributed by atoms with Crippen molar-refractivity contribution in [2.24, 2.45) is 5.92 Å². The molecule has 19 nitrogen and oxygen atoms in total. The SMILES string of the molecule is CC[C@H](C)[C@H](O)C(=O)N1NCCC[C@@H]1C(=O)N1NCCC[C@H]1C(=O)N1NCCC[C@@H]1C(=O)N1NC[C@@H](O)C[C@H]1C(=O)N[C@@](C)(CO)C(=O)O. The van der Waals surface area contributed by atoms with Gasteiger partial charge in [-0.15, -0.1) is 0 Å². The first-order valence-electron chi connectivity index (χ1n) is 17.0. The van der Waals surface area contributed by atoms with Crippen molar-refractivity contribution in [3.63, 3.8) is 0 Å². The highest BCUT2D eigenvalue weighted by Crippen LogP contribution is 2.25. The van der Waals surface area contributed by atoms with E-state index in [1.54, 1.807) is 6.92 Å². The second-order valence-corrected chi connectivity index (χ2v) is 13.4. The normalized spacial score (nSPS) is 29.0. The molecule has 0 saturated carbocycles. The third-order valence-electron chi connectivity index (χ3n) is 9.78. The van der Waals surface area contributed by atoms with Gasteiger partial charge >= 0.3 is 5.97 Å². The van der Waals surface area contributed by atoms with Crippen molar-refractivity contribution in [3.8, 4) is 0 Å². The number of aliphatic hydroxyl groups excluding tert-OH is 3. The fraction of sp³-hybridized carbons (Fsp3) is 0.800. The summed E-state index contributed by atoms with van der Waals surface area (Å²) >= 11 is 0. The molecule has 0 radical (unpaired) electrons. The van der Waals surface area contributed by atoms with Gasteiger partial charge in [0.2, 0.25) is 5.91 Å². The molecule has 0 spiro atoms. The second-order valence-electron chi connectivity index (χ2n) is 13.4. The number of aliphatic carboxylic acids is 1. The lowest BCUT2D eigenvalue weighted by molar-refractivity contribution is -0.170. The van der Waals surface area contributed by atoms with Gasteiger partial charge in [0, 0.05) is 32.6 Å². The average Bonchev–Trinajstić information content (AvgIpc) is 3.12. The lowest BCUT2D eigenvalue weighted by Crippen LogP contribution is -2.71. The van der Waals surface area contributed by atoms with E-state index in [-0.39, 0.29) is 31.7 Å². The third kappa shape index (κ3) is 8.30. The number of carbonyl (C=O) groups is 6. The van der Waals surface area contributed by atoms with Gasteiger partial charge in [0.15, 0.2) is 5.54 Å². The standard InChI is InChI=1S/C30H51N9O10/c1-4-17(2)23(42)28(47)38-21(10-7-13-33-38)26(45)36-19(8-5-11-31-36)25(44)37-20(9-6-12-32-37)27(46)39-22(14-18(41)15-34-39)24(43)35-30(3,16-40)29(48)49/h17-23,31-34,40-42H,4-16H2,1-3H3,(H,35,43)(H,48,49)/t17-,18-,19-,20+,21+,22-,23-,30-/m0/s1. The summed E-state index contributed by atoms with van der Waals surface area (Å²) in [5.74, 6) is -5.21. The predicted octanol–water partition coefficient (Wildman–Crippen LogP) is -3.70. The van der Waals surface area contributed by atoms with Crippen LogP contribution in [0.2, 0.25) is 0 Å². The molecule has 0 unspecified atom stereocenters. The maximum absolute atomic E-state index is 14.3. The van der Waals surface area contributed by atoms with E-state index in [0.29, 0.717) is 51.7 Å². The Labute approximate surface area is 284 Å². The van der Waals surface area contributed by atoms with Crippen LogP contribution in [0, 0.1) is 5.92 Å². The van der Waals surface area contributed by atoms with Crippen molar-refractivity contribution in [2.75, 3.05) is 32.8 Å². The quantitative estimate of drug-likeness (QED) is 0.107. The number of nitrogens with zero attached hydrogens (tertiary/aromatic N) is 4. The molecule has 4 heterocycles. The molecule has 4 fully saturated rings. The Morgan fingerprint density at radius 3 is 1.69 bits per heavy atom. The molecule has 4 saturated heterocycles. The zero-order chi connectivity index (χ0) is 36.0. The molecule has 0 aromatic rings. The van der Waals surface area contributed by atoms with Crippen LogP contribution in [0.1, 0.15) is 72.1 Å². The second kappa shape index (κ2) is 16.5. The van der Waals surface area contributed by atoms with E-state index >= 15 is 0 Å². The molecule has 0 aliphatic carbocycles. The van der Waals surface area contributed by atoms with Gasteiger partial charge in [0.25, 0.3) is 23.6 Å². The summed E-state index contributed by atoms with van der Waals surface area (Å²) < 4.78 is 0. The zero-order valence-electron chi connectivity index (χ0n) is 28.3. The Morgan fingerprint density at radius 2 is 1.24 bits per heavy atom. The summed E-state index contributed by atoms with van der Waals surface area (Å²) in [5, 5.41) is 46.9. The lowest BCUT2D eigenvalue weighted by atomic mass is 9.98. The molecule has 4 aliphatic rings. The van der Waals surface area contributed by atoms with Crippen LogP contribution in [-0.2, 0) is 28.8 Å². The van der Waals surface area contributed by atoms with E-state index in [2.05, 4.69) is 27.0 Å². The van der Waals surface area contributed by atoms with Gasteiger partial charge in [-0.05, 0) is 51.4 Å². The molecule has 4 rings (SSSR count). The smallest absolute Gasteiger partial charge is 0.331 e.